The fourth-order valence-electron chi connectivity index (χ4n) is 0.572. The van der Waals surface area contributed by atoms with Crippen LogP contribution in [0, 0.1) is 0 Å². The van der Waals surface area contributed by atoms with Gasteiger partial charge in [-0.05, 0) is 24.3 Å². The second-order valence-electron chi connectivity index (χ2n) is 2.03. The fraction of sp³-hybridized carbons (Fsp3) is 0. The maximum Gasteiger partial charge on any atom is 0.408 e. The number of halogens is 1. The summed E-state index contributed by atoms with van der Waals surface area (Å²) in [5.41, 5.74) is 0. The number of hydrogen-bond acceptors (Lipinski definition) is 4. The van der Waals surface area contributed by atoms with Crippen LogP contribution in [-0.2, 0) is 14.0 Å². The molecule has 0 radical (unpaired) electrons. The van der Waals surface area contributed by atoms with Gasteiger partial charge < -0.3 is 0 Å². The first-order valence-electron chi connectivity index (χ1n) is 3.06. The van der Waals surface area contributed by atoms with Crippen molar-refractivity contribution in [2.75, 3.05) is 0 Å². The molecule has 0 amide bonds. The van der Waals surface area contributed by atoms with E-state index in [1.807, 2.05) is 0 Å². The molecule has 0 saturated heterocycles. The van der Waals surface area contributed by atoms with Crippen LogP contribution in [0.3, 0.4) is 0 Å². The Morgan fingerprint density at radius 3 is 2.31 bits per heavy atom. The van der Waals surface area contributed by atoms with Gasteiger partial charge in [-0.15, -0.1) is 0 Å². The lowest BCUT2D eigenvalue weighted by molar-refractivity contribution is 0.407. The van der Waals surface area contributed by atoms with Gasteiger partial charge in [0.1, 0.15) is 0 Å². The van der Waals surface area contributed by atoms with Crippen molar-refractivity contribution < 1.29 is 16.6 Å². The summed E-state index contributed by atoms with van der Waals surface area (Å²) in [6, 6.07) is 6.30. The van der Waals surface area contributed by atoms with Gasteiger partial charge in [0, 0.05) is 9.92 Å². The largest absolute Gasteiger partial charge is 0.408 e. The molecule has 0 aliphatic rings. The zero-order valence-electron chi connectivity index (χ0n) is 6.18. The Kier molecular flexibility index (Phi) is 3.57. The van der Waals surface area contributed by atoms with Crippen LogP contribution in [0.1, 0.15) is 0 Å². The first-order valence-corrected chi connectivity index (χ1v) is 5.55. The Balaban J connectivity index is 2.61. The van der Waals surface area contributed by atoms with Crippen LogP contribution in [-0.4, -0.2) is 13.0 Å². The molecule has 1 N–H and O–H groups in total. The summed E-state index contributed by atoms with van der Waals surface area (Å²) < 4.78 is 32.6. The topological polar surface area (TPSA) is 63.6 Å². The summed E-state index contributed by atoms with van der Waals surface area (Å²) in [4.78, 5) is 0.530. The average molecular weight is 241 g/mol. The minimum atomic E-state index is -4.40. The molecular formula is C6H5ClO4S2. The highest BCUT2D eigenvalue weighted by Gasteiger charge is 2.05. The van der Waals surface area contributed by atoms with E-state index in [1.54, 1.807) is 24.3 Å². The van der Waals surface area contributed by atoms with Gasteiger partial charge in [-0.3, -0.25) is 4.55 Å². The first kappa shape index (κ1) is 10.8. The van der Waals surface area contributed by atoms with Gasteiger partial charge >= 0.3 is 10.4 Å². The number of hydrogen-bond donors (Lipinski definition) is 1. The maximum atomic E-state index is 10.2. The van der Waals surface area contributed by atoms with Crippen molar-refractivity contribution in [1.82, 2.24) is 0 Å². The smallest absolute Gasteiger partial charge is 0.263 e. The van der Waals surface area contributed by atoms with Gasteiger partial charge in [-0.1, -0.05) is 11.6 Å². The molecule has 0 aliphatic carbocycles. The first-order chi connectivity index (χ1) is 5.97. The van der Waals surface area contributed by atoms with Crippen LogP contribution < -0.4 is 0 Å². The molecule has 0 fully saturated rings. The van der Waals surface area contributed by atoms with E-state index < -0.39 is 10.4 Å². The third-order valence-corrected chi connectivity index (χ3v) is 2.71. The molecule has 0 saturated carbocycles. The van der Waals surface area contributed by atoms with Crippen molar-refractivity contribution in [1.29, 1.82) is 0 Å². The zero-order valence-corrected chi connectivity index (χ0v) is 8.56. The summed E-state index contributed by atoms with van der Waals surface area (Å²) in [6.07, 6.45) is 0. The molecule has 1 aromatic carbocycles. The molecule has 0 heterocycles. The Morgan fingerprint density at radius 2 is 1.85 bits per heavy atom. The molecule has 0 unspecified atom stereocenters. The van der Waals surface area contributed by atoms with Crippen LogP contribution in [0.25, 0.3) is 0 Å². The minimum absolute atomic E-state index is 0.530. The third-order valence-electron chi connectivity index (χ3n) is 1.03. The van der Waals surface area contributed by atoms with E-state index in [0.717, 1.165) is 0 Å². The summed E-state index contributed by atoms with van der Waals surface area (Å²) in [7, 11) is -4.40. The Morgan fingerprint density at radius 1 is 1.31 bits per heavy atom. The predicted octanol–water partition coefficient (Wildman–Crippen LogP) is 2.17. The van der Waals surface area contributed by atoms with E-state index >= 15 is 0 Å². The molecule has 0 spiro atoms. The summed E-state index contributed by atoms with van der Waals surface area (Å²) in [5, 5.41) is 0.538. The molecule has 0 atom stereocenters. The second-order valence-corrected chi connectivity index (χ2v) is 4.51. The van der Waals surface area contributed by atoms with E-state index in [2.05, 4.69) is 3.63 Å². The lowest BCUT2D eigenvalue weighted by atomic mass is 10.4. The molecule has 72 valence electrons. The van der Waals surface area contributed by atoms with Crippen LogP contribution in [0.5, 0.6) is 0 Å². The SMILES string of the molecule is O=S(=O)(O)OSc1ccc(Cl)cc1. The highest BCUT2D eigenvalue weighted by molar-refractivity contribution is 8.02. The monoisotopic (exact) mass is 240 g/mol. The number of benzene rings is 1. The summed E-state index contributed by atoms with van der Waals surface area (Å²) >= 11 is 6.12. The van der Waals surface area contributed by atoms with Gasteiger partial charge in [-0.25, -0.2) is 0 Å². The van der Waals surface area contributed by atoms with E-state index in [0.29, 0.717) is 22.0 Å². The van der Waals surface area contributed by atoms with Crippen LogP contribution in [0.2, 0.25) is 5.02 Å². The average Bonchev–Trinajstić information content (AvgIpc) is 2.02. The lowest BCUT2D eigenvalue weighted by Crippen LogP contribution is -1.96. The molecule has 0 bridgehead atoms. The normalized spacial score (nSPS) is 11.5. The van der Waals surface area contributed by atoms with Crippen LogP contribution >= 0.6 is 23.6 Å². The van der Waals surface area contributed by atoms with Crippen molar-refractivity contribution >= 4 is 34.0 Å². The summed E-state index contributed by atoms with van der Waals surface area (Å²) in [6.45, 7) is 0. The second kappa shape index (κ2) is 4.30. The fourth-order valence-corrected chi connectivity index (χ4v) is 1.60. The maximum absolute atomic E-state index is 10.2. The van der Waals surface area contributed by atoms with E-state index in [4.69, 9.17) is 16.2 Å². The molecule has 0 aromatic heterocycles. The van der Waals surface area contributed by atoms with E-state index in [1.165, 1.54) is 0 Å². The van der Waals surface area contributed by atoms with Crippen molar-refractivity contribution in [2.45, 2.75) is 4.90 Å². The quantitative estimate of drug-likeness (QED) is 0.648. The standard InChI is InChI=1S/C6H5ClO4S2/c7-5-1-3-6(4-2-5)12-11-13(8,9)10/h1-4H,(H,8,9,10). The van der Waals surface area contributed by atoms with Crippen molar-refractivity contribution in [3.63, 3.8) is 0 Å². The molecule has 7 heteroatoms. The number of rotatable bonds is 3. The molecule has 1 rings (SSSR count). The molecule has 0 aliphatic heterocycles. The molecular weight excluding hydrogens is 236 g/mol. The predicted molar refractivity (Wildman–Crippen MR) is 49.9 cm³/mol. The zero-order chi connectivity index (χ0) is 9.90. The van der Waals surface area contributed by atoms with Crippen LogP contribution in [0.4, 0.5) is 0 Å². The Bertz CT molecular complexity index is 372. The third kappa shape index (κ3) is 4.49. The lowest BCUT2D eigenvalue weighted by Gasteiger charge is -1.97. The minimum Gasteiger partial charge on any atom is -0.263 e. The van der Waals surface area contributed by atoms with Gasteiger partial charge in [0.2, 0.25) is 0 Å². The van der Waals surface area contributed by atoms with Gasteiger partial charge in [-0.2, -0.15) is 12.0 Å². The molecule has 13 heavy (non-hydrogen) atoms. The van der Waals surface area contributed by atoms with Gasteiger partial charge in [0.15, 0.2) is 0 Å². The van der Waals surface area contributed by atoms with Gasteiger partial charge in [0.05, 0.1) is 12.0 Å². The van der Waals surface area contributed by atoms with Gasteiger partial charge in [0.25, 0.3) is 0 Å². The highest BCUT2D eigenvalue weighted by Crippen LogP contribution is 2.22. The summed E-state index contributed by atoms with van der Waals surface area (Å²) in [5.74, 6) is 0. The Labute approximate surface area is 85.0 Å². The van der Waals surface area contributed by atoms with E-state index in [-0.39, 0.29) is 0 Å². The van der Waals surface area contributed by atoms with Crippen molar-refractivity contribution in [3.05, 3.63) is 29.3 Å². The highest BCUT2D eigenvalue weighted by atomic mass is 35.5. The molecule has 1 aromatic rings. The van der Waals surface area contributed by atoms with Crippen molar-refractivity contribution in [3.8, 4) is 0 Å². The Hall–Kier alpha value is -0.270. The molecule has 4 nitrogen and oxygen atoms in total. The van der Waals surface area contributed by atoms with E-state index in [9.17, 15) is 8.42 Å². The van der Waals surface area contributed by atoms with Crippen molar-refractivity contribution in [2.24, 2.45) is 0 Å². The van der Waals surface area contributed by atoms with Crippen LogP contribution in [0.15, 0.2) is 29.2 Å².